The summed E-state index contributed by atoms with van der Waals surface area (Å²) in [5.74, 6) is 0.954. The van der Waals surface area contributed by atoms with Gasteiger partial charge in [-0.15, -0.1) is 0 Å². The van der Waals surface area contributed by atoms with E-state index < -0.39 is 0 Å². The van der Waals surface area contributed by atoms with Crippen molar-refractivity contribution in [3.63, 3.8) is 0 Å². The second-order valence-corrected chi connectivity index (χ2v) is 4.77. The summed E-state index contributed by atoms with van der Waals surface area (Å²) in [6.07, 6.45) is 0.920. The van der Waals surface area contributed by atoms with Crippen LogP contribution in [0.15, 0.2) is 48.5 Å². The Kier molecular flexibility index (Phi) is 4.58. The number of ether oxygens (including phenoxy) is 1. The zero-order valence-corrected chi connectivity index (χ0v) is 11.8. The third-order valence-electron chi connectivity index (χ3n) is 3.44. The van der Waals surface area contributed by atoms with Gasteiger partial charge in [0.1, 0.15) is 5.75 Å². The highest BCUT2D eigenvalue weighted by atomic mass is 16.5. The van der Waals surface area contributed by atoms with E-state index in [0.717, 1.165) is 12.2 Å². The van der Waals surface area contributed by atoms with Crippen molar-refractivity contribution in [2.24, 2.45) is 0 Å². The lowest BCUT2D eigenvalue weighted by Crippen LogP contribution is -2.19. The molecule has 0 saturated carbocycles. The molecule has 2 aromatic carbocycles. The van der Waals surface area contributed by atoms with Crippen LogP contribution >= 0.6 is 0 Å². The number of likely N-dealkylation sites (N-methyl/N-ethyl adjacent to an activating group) is 1. The first kappa shape index (κ1) is 13.6. The van der Waals surface area contributed by atoms with Gasteiger partial charge in [0.15, 0.2) is 0 Å². The van der Waals surface area contributed by atoms with Gasteiger partial charge >= 0.3 is 0 Å². The minimum atomic E-state index is 0.303. The lowest BCUT2D eigenvalue weighted by molar-refractivity contribution is 0.406. The van der Waals surface area contributed by atoms with Crippen LogP contribution in [-0.2, 0) is 6.42 Å². The van der Waals surface area contributed by atoms with Crippen molar-refractivity contribution in [2.75, 3.05) is 14.2 Å². The van der Waals surface area contributed by atoms with Crippen LogP contribution in [0.1, 0.15) is 22.7 Å². The molecule has 0 aliphatic rings. The zero-order valence-electron chi connectivity index (χ0n) is 11.8. The Hall–Kier alpha value is -1.80. The zero-order chi connectivity index (χ0) is 13.7. The summed E-state index contributed by atoms with van der Waals surface area (Å²) in [7, 11) is 3.72. The molecule has 1 N–H and O–H groups in total. The Bertz CT molecular complexity index is 519. The Morgan fingerprint density at radius 3 is 2.37 bits per heavy atom. The molecular weight excluding hydrogens is 234 g/mol. The third kappa shape index (κ3) is 3.36. The van der Waals surface area contributed by atoms with E-state index in [1.807, 2.05) is 19.2 Å². The van der Waals surface area contributed by atoms with Crippen LogP contribution in [0.2, 0.25) is 0 Å². The standard InChI is InChI=1S/C17H21NO/c1-13-8-10-14(11-9-13)16(18-2)12-15-6-4-5-7-17(15)19-3/h4-11,16,18H,12H2,1-3H3. The molecule has 1 atom stereocenters. The molecule has 100 valence electrons. The molecule has 0 spiro atoms. The fourth-order valence-corrected chi connectivity index (χ4v) is 2.28. The van der Waals surface area contributed by atoms with Crippen LogP contribution in [0, 0.1) is 6.92 Å². The van der Waals surface area contributed by atoms with Gasteiger partial charge in [-0.25, -0.2) is 0 Å². The molecule has 1 unspecified atom stereocenters. The Balaban J connectivity index is 2.21. The number of rotatable bonds is 5. The molecule has 0 aliphatic carbocycles. The van der Waals surface area contributed by atoms with Crippen LogP contribution in [0.4, 0.5) is 0 Å². The maximum absolute atomic E-state index is 5.42. The first-order valence-electron chi connectivity index (χ1n) is 6.60. The molecule has 0 bridgehead atoms. The minimum absolute atomic E-state index is 0.303. The van der Waals surface area contributed by atoms with Crippen molar-refractivity contribution in [1.29, 1.82) is 0 Å². The van der Waals surface area contributed by atoms with Gasteiger partial charge in [0.2, 0.25) is 0 Å². The van der Waals surface area contributed by atoms with Gasteiger partial charge in [0, 0.05) is 6.04 Å². The van der Waals surface area contributed by atoms with E-state index in [0.29, 0.717) is 6.04 Å². The topological polar surface area (TPSA) is 21.3 Å². The smallest absolute Gasteiger partial charge is 0.122 e. The number of methoxy groups -OCH3 is 1. The summed E-state index contributed by atoms with van der Waals surface area (Å²) in [6.45, 7) is 2.11. The molecule has 2 aromatic rings. The van der Waals surface area contributed by atoms with Crippen LogP contribution < -0.4 is 10.1 Å². The fourth-order valence-electron chi connectivity index (χ4n) is 2.28. The van der Waals surface area contributed by atoms with Crippen molar-refractivity contribution < 1.29 is 4.74 Å². The van der Waals surface area contributed by atoms with Gasteiger partial charge in [-0.1, -0.05) is 48.0 Å². The molecule has 2 nitrogen and oxygen atoms in total. The lowest BCUT2D eigenvalue weighted by Gasteiger charge is -2.18. The minimum Gasteiger partial charge on any atom is -0.496 e. The number of benzene rings is 2. The van der Waals surface area contributed by atoms with Gasteiger partial charge in [0.05, 0.1) is 7.11 Å². The highest BCUT2D eigenvalue weighted by Crippen LogP contribution is 2.24. The van der Waals surface area contributed by atoms with Crippen molar-refractivity contribution >= 4 is 0 Å². The van der Waals surface area contributed by atoms with E-state index in [2.05, 4.69) is 48.6 Å². The van der Waals surface area contributed by atoms with Gasteiger partial charge in [-0.3, -0.25) is 0 Å². The predicted octanol–water partition coefficient (Wildman–Crippen LogP) is 3.51. The second kappa shape index (κ2) is 6.39. The van der Waals surface area contributed by atoms with Crippen molar-refractivity contribution in [3.05, 3.63) is 65.2 Å². The van der Waals surface area contributed by atoms with E-state index in [1.165, 1.54) is 16.7 Å². The number of para-hydroxylation sites is 1. The molecule has 19 heavy (non-hydrogen) atoms. The Morgan fingerprint density at radius 2 is 1.74 bits per heavy atom. The SMILES string of the molecule is CNC(Cc1ccccc1OC)c1ccc(C)cc1. The molecule has 0 fully saturated rings. The van der Waals surface area contributed by atoms with Gasteiger partial charge in [0.25, 0.3) is 0 Å². The highest BCUT2D eigenvalue weighted by Gasteiger charge is 2.12. The molecule has 0 heterocycles. The van der Waals surface area contributed by atoms with E-state index >= 15 is 0 Å². The van der Waals surface area contributed by atoms with E-state index in [9.17, 15) is 0 Å². The highest BCUT2D eigenvalue weighted by molar-refractivity contribution is 5.35. The third-order valence-corrected chi connectivity index (χ3v) is 3.44. The van der Waals surface area contributed by atoms with Crippen molar-refractivity contribution in [2.45, 2.75) is 19.4 Å². The van der Waals surface area contributed by atoms with E-state index in [4.69, 9.17) is 4.74 Å². The number of hydrogen-bond acceptors (Lipinski definition) is 2. The Morgan fingerprint density at radius 1 is 1.05 bits per heavy atom. The molecular formula is C17H21NO. The lowest BCUT2D eigenvalue weighted by atomic mass is 9.97. The molecule has 0 aliphatic heterocycles. The average molecular weight is 255 g/mol. The van der Waals surface area contributed by atoms with Gasteiger partial charge in [-0.2, -0.15) is 0 Å². The van der Waals surface area contributed by atoms with E-state index in [1.54, 1.807) is 7.11 Å². The van der Waals surface area contributed by atoms with Crippen molar-refractivity contribution in [1.82, 2.24) is 5.32 Å². The number of aryl methyl sites for hydroxylation is 1. The molecule has 2 rings (SSSR count). The average Bonchev–Trinajstić information content (AvgIpc) is 2.46. The summed E-state index contributed by atoms with van der Waals surface area (Å²) < 4.78 is 5.42. The van der Waals surface area contributed by atoms with Crippen molar-refractivity contribution in [3.8, 4) is 5.75 Å². The number of nitrogens with one attached hydrogen (secondary N) is 1. The fraction of sp³-hybridized carbons (Fsp3) is 0.294. The first-order valence-corrected chi connectivity index (χ1v) is 6.60. The largest absolute Gasteiger partial charge is 0.496 e. The maximum atomic E-state index is 5.42. The molecule has 2 heteroatoms. The summed E-state index contributed by atoms with van der Waals surface area (Å²) in [4.78, 5) is 0. The summed E-state index contributed by atoms with van der Waals surface area (Å²) >= 11 is 0. The first-order chi connectivity index (χ1) is 9.24. The van der Waals surface area contributed by atoms with Crippen LogP contribution in [0.3, 0.4) is 0 Å². The van der Waals surface area contributed by atoms with E-state index in [-0.39, 0.29) is 0 Å². The summed E-state index contributed by atoms with van der Waals surface area (Å²) in [5, 5.41) is 3.38. The van der Waals surface area contributed by atoms with Gasteiger partial charge in [-0.05, 0) is 37.6 Å². The van der Waals surface area contributed by atoms with Crippen LogP contribution in [0.25, 0.3) is 0 Å². The molecule has 0 radical (unpaired) electrons. The monoisotopic (exact) mass is 255 g/mol. The van der Waals surface area contributed by atoms with Gasteiger partial charge < -0.3 is 10.1 Å². The summed E-state index contributed by atoms with van der Waals surface area (Å²) in [5.41, 5.74) is 3.82. The second-order valence-electron chi connectivity index (χ2n) is 4.77. The maximum Gasteiger partial charge on any atom is 0.122 e. The summed E-state index contributed by atoms with van der Waals surface area (Å²) in [6, 6.07) is 17.2. The quantitative estimate of drug-likeness (QED) is 0.883. The molecule has 0 saturated heterocycles. The Labute approximate surface area is 115 Å². The van der Waals surface area contributed by atoms with Crippen LogP contribution in [-0.4, -0.2) is 14.2 Å². The van der Waals surface area contributed by atoms with Crippen LogP contribution in [0.5, 0.6) is 5.75 Å². The number of hydrogen-bond donors (Lipinski definition) is 1. The normalized spacial score (nSPS) is 12.2. The molecule has 0 amide bonds. The predicted molar refractivity (Wildman–Crippen MR) is 79.7 cm³/mol. The molecule has 0 aromatic heterocycles.